The lowest BCUT2D eigenvalue weighted by Crippen LogP contribution is -2.38. The first-order valence-corrected chi connectivity index (χ1v) is 9.83. The Labute approximate surface area is 161 Å². The van der Waals surface area contributed by atoms with E-state index >= 15 is 0 Å². The molecule has 2 atom stereocenters. The molecule has 27 heavy (non-hydrogen) atoms. The van der Waals surface area contributed by atoms with Crippen LogP contribution in [0.2, 0.25) is 0 Å². The number of nitrogens with one attached hydrogen (secondary N) is 1. The highest BCUT2D eigenvalue weighted by molar-refractivity contribution is 5.81. The minimum atomic E-state index is -0.580. The maximum absolute atomic E-state index is 12.7. The van der Waals surface area contributed by atoms with Gasteiger partial charge in [-0.1, -0.05) is 31.2 Å². The molecule has 0 spiro atoms. The van der Waals surface area contributed by atoms with Crippen LogP contribution in [-0.2, 0) is 17.6 Å². The van der Waals surface area contributed by atoms with E-state index < -0.39 is 6.10 Å². The summed E-state index contributed by atoms with van der Waals surface area (Å²) in [6.07, 6.45) is 5.11. The molecule has 0 fully saturated rings. The number of fused-ring (bicyclic) bond motifs is 1. The molecule has 0 bridgehead atoms. The summed E-state index contributed by atoms with van der Waals surface area (Å²) in [5.41, 5.74) is 4.08. The van der Waals surface area contributed by atoms with E-state index in [9.17, 15) is 4.79 Å². The molecule has 4 nitrogen and oxygen atoms in total. The van der Waals surface area contributed by atoms with Crippen LogP contribution >= 0.6 is 0 Å². The van der Waals surface area contributed by atoms with Crippen molar-refractivity contribution in [2.24, 2.45) is 0 Å². The van der Waals surface area contributed by atoms with Crippen molar-refractivity contribution in [1.82, 2.24) is 5.32 Å². The first kappa shape index (κ1) is 19.3. The van der Waals surface area contributed by atoms with Crippen molar-refractivity contribution in [2.75, 3.05) is 7.11 Å². The van der Waals surface area contributed by atoms with Gasteiger partial charge < -0.3 is 14.8 Å². The van der Waals surface area contributed by atoms with Crippen molar-refractivity contribution in [3.05, 3.63) is 59.2 Å². The Morgan fingerprint density at radius 1 is 1.07 bits per heavy atom. The van der Waals surface area contributed by atoms with Gasteiger partial charge in [0.05, 0.1) is 13.2 Å². The van der Waals surface area contributed by atoms with Crippen molar-refractivity contribution >= 4 is 5.91 Å². The average Bonchev–Trinajstić information content (AvgIpc) is 2.71. The zero-order chi connectivity index (χ0) is 19.2. The highest BCUT2D eigenvalue weighted by Crippen LogP contribution is 2.26. The second-order valence-electron chi connectivity index (χ2n) is 7.14. The van der Waals surface area contributed by atoms with Gasteiger partial charge in [0.1, 0.15) is 11.5 Å². The Morgan fingerprint density at radius 2 is 1.81 bits per heavy atom. The second kappa shape index (κ2) is 8.94. The van der Waals surface area contributed by atoms with Crippen LogP contribution in [0.1, 0.15) is 55.8 Å². The van der Waals surface area contributed by atoms with Gasteiger partial charge in [-0.3, -0.25) is 4.79 Å². The third-order valence-corrected chi connectivity index (χ3v) is 5.22. The normalized spacial score (nSPS) is 15.4. The first-order valence-electron chi connectivity index (χ1n) is 9.83. The monoisotopic (exact) mass is 367 g/mol. The lowest BCUT2D eigenvalue weighted by Gasteiger charge is -2.23. The number of rotatable bonds is 7. The quantitative estimate of drug-likeness (QED) is 0.777. The van der Waals surface area contributed by atoms with Gasteiger partial charge >= 0.3 is 0 Å². The Balaban J connectivity index is 1.65. The van der Waals surface area contributed by atoms with Gasteiger partial charge in [-0.05, 0) is 67.9 Å². The SMILES string of the molecule is CCC(NC(=O)C(C)Oc1cccc(OC)c1)c1ccc2c(c1)CCCC2. The number of hydrogen-bond donors (Lipinski definition) is 1. The fourth-order valence-corrected chi connectivity index (χ4v) is 3.61. The van der Waals surface area contributed by atoms with E-state index in [-0.39, 0.29) is 11.9 Å². The topological polar surface area (TPSA) is 47.6 Å². The van der Waals surface area contributed by atoms with E-state index in [2.05, 4.69) is 30.4 Å². The molecule has 0 aromatic heterocycles. The molecule has 2 aromatic rings. The van der Waals surface area contributed by atoms with Crippen LogP contribution < -0.4 is 14.8 Å². The first-order chi connectivity index (χ1) is 13.1. The Kier molecular flexibility index (Phi) is 6.38. The summed E-state index contributed by atoms with van der Waals surface area (Å²) < 4.78 is 11.0. The largest absolute Gasteiger partial charge is 0.497 e. The fraction of sp³-hybridized carbons (Fsp3) is 0.435. The minimum absolute atomic E-state index is 0.00101. The average molecular weight is 367 g/mol. The van der Waals surface area contributed by atoms with Crippen LogP contribution in [0.4, 0.5) is 0 Å². The third kappa shape index (κ3) is 4.82. The Morgan fingerprint density at radius 3 is 2.56 bits per heavy atom. The summed E-state index contributed by atoms with van der Waals surface area (Å²) in [5.74, 6) is 1.22. The van der Waals surface area contributed by atoms with Crippen LogP contribution in [0.15, 0.2) is 42.5 Å². The summed E-state index contributed by atoms with van der Waals surface area (Å²) in [6, 6.07) is 14.0. The molecule has 1 N–H and O–H groups in total. The molecular formula is C23H29NO3. The van der Waals surface area contributed by atoms with Gasteiger partial charge in [-0.25, -0.2) is 0 Å². The number of hydrogen-bond acceptors (Lipinski definition) is 3. The number of benzene rings is 2. The second-order valence-corrected chi connectivity index (χ2v) is 7.14. The van der Waals surface area contributed by atoms with Gasteiger partial charge in [0.2, 0.25) is 0 Å². The summed E-state index contributed by atoms with van der Waals surface area (Å²) in [5, 5.41) is 3.14. The molecule has 0 aliphatic heterocycles. The standard InChI is InChI=1S/C23H29NO3/c1-4-22(19-13-12-17-8-5-6-9-18(17)14-19)24-23(25)16(2)27-21-11-7-10-20(15-21)26-3/h7,10-16,22H,4-6,8-9H2,1-3H3,(H,24,25). The van der Waals surface area contributed by atoms with Gasteiger partial charge in [-0.15, -0.1) is 0 Å². The van der Waals surface area contributed by atoms with Crippen LogP contribution in [0.25, 0.3) is 0 Å². The number of amides is 1. The maximum Gasteiger partial charge on any atom is 0.261 e. The predicted molar refractivity (Wildman–Crippen MR) is 107 cm³/mol. The Bertz CT molecular complexity index is 787. The lowest BCUT2D eigenvalue weighted by atomic mass is 9.89. The fourth-order valence-electron chi connectivity index (χ4n) is 3.61. The maximum atomic E-state index is 12.7. The molecule has 3 rings (SSSR count). The summed E-state index contributed by atoms with van der Waals surface area (Å²) in [4.78, 5) is 12.7. The summed E-state index contributed by atoms with van der Waals surface area (Å²) >= 11 is 0. The molecular weight excluding hydrogens is 338 g/mol. The number of ether oxygens (including phenoxy) is 2. The molecule has 0 heterocycles. The highest BCUT2D eigenvalue weighted by Gasteiger charge is 2.20. The van der Waals surface area contributed by atoms with Gasteiger partial charge in [0.25, 0.3) is 5.91 Å². The highest BCUT2D eigenvalue weighted by atomic mass is 16.5. The Hall–Kier alpha value is -2.49. The molecule has 0 saturated carbocycles. The zero-order valence-electron chi connectivity index (χ0n) is 16.5. The number of carbonyl (C=O) groups is 1. The molecule has 4 heteroatoms. The molecule has 2 aromatic carbocycles. The van der Waals surface area contributed by atoms with Crippen molar-refractivity contribution in [3.63, 3.8) is 0 Å². The van der Waals surface area contributed by atoms with Crippen molar-refractivity contribution in [3.8, 4) is 11.5 Å². The molecule has 0 radical (unpaired) electrons. The predicted octanol–water partition coefficient (Wildman–Crippen LogP) is 4.61. The van der Waals surface area contributed by atoms with E-state index in [1.54, 1.807) is 20.1 Å². The van der Waals surface area contributed by atoms with Gasteiger partial charge in [-0.2, -0.15) is 0 Å². The van der Waals surface area contributed by atoms with Crippen molar-refractivity contribution in [2.45, 2.75) is 58.1 Å². The molecule has 0 saturated heterocycles. The summed E-state index contributed by atoms with van der Waals surface area (Å²) in [6.45, 7) is 3.87. The summed E-state index contributed by atoms with van der Waals surface area (Å²) in [7, 11) is 1.61. The van der Waals surface area contributed by atoms with Gasteiger partial charge in [0, 0.05) is 6.07 Å². The smallest absolute Gasteiger partial charge is 0.261 e. The number of aryl methyl sites for hydroxylation is 2. The van der Waals surface area contributed by atoms with E-state index in [1.807, 2.05) is 18.2 Å². The lowest BCUT2D eigenvalue weighted by molar-refractivity contribution is -0.128. The van der Waals surface area contributed by atoms with Crippen molar-refractivity contribution < 1.29 is 14.3 Å². The zero-order valence-corrected chi connectivity index (χ0v) is 16.5. The molecule has 1 aliphatic carbocycles. The van der Waals surface area contributed by atoms with Crippen LogP contribution in [0.5, 0.6) is 11.5 Å². The van der Waals surface area contributed by atoms with E-state index in [1.165, 1.54) is 36.0 Å². The molecule has 1 amide bonds. The minimum Gasteiger partial charge on any atom is -0.497 e. The van der Waals surface area contributed by atoms with Crippen LogP contribution in [0.3, 0.4) is 0 Å². The molecule has 144 valence electrons. The van der Waals surface area contributed by atoms with Crippen LogP contribution in [-0.4, -0.2) is 19.1 Å². The number of carbonyl (C=O) groups excluding carboxylic acids is 1. The van der Waals surface area contributed by atoms with E-state index in [4.69, 9.17) is 9.47 Å². The molecule has 1 aliphatic rings. The van der Waals surface area contributed by atoms with Gasteiger partial charge in [0.15, 0.2) is 6.10 Å². The number of methoxy groups -OCH3 is 1. The van der Waals surface area contributed by atoms with Crippen LogP contribution in [0, 0.1) is 0 Å². The molecule has 2 unspecified atom stereocenters. The van der Waals surface area contributed by atoms with E-state index in [0.29, 0.717) is 11.5 Å². The third-order valence-electron chi connectivity index (χ3n) is 5.22. The van der Waals surface area contributed by atoms with E-state index in [0.717, 1.165) is 12.8 Å². The van der Waals surface area contributed by atoms with Crippen molar-refractivity contribution in [1.29, 1.82) is 0 Å².